The van der Waals surface area contributed by atoms with Gasteiger partial charge in [-0.25, -0.2) is 4.98 Å². The molecule has 2 heterocycles. The zero-order chi connectivity index (χ0) is 18.1. The van der Waals surface area contributed by atoms with Crippen molar-refractivity contribution < 1.29 is 9.47 Å². The number of ether oxygens (including phenoxy) is 2. The van der Waals surface area contributed by atoms with E-state index in [1.807, 2.05) is 42.5 Å². The van der Waals surface area contributed by atoms with Crippen LogP contribution in [0.4, 0.5) is 0 Å². The van der Waals surface area contributed by atoms with Gasteiger partial charge in [-0.3, -0.25) is 4.79 Å². The molecule has 0 aliphatic rings. The van der Waals surface area contributed by atoms with E-state index in [1.165, 1.54) is 11.3 Å². The standard InChI is InChI=1S/C20H16N2O3S/c1-24-15-9-8-13(10-16(15)25-2)18-21-19(23)14-11-17(26-20(14)22-18)12-6-4-3-5-7-12/h3-11H,1-2H3,(H,21,22,23). The van der Waals surface area contributed by atoms with Crippen molar-refractivity contribution in [2.24, 2.45) is 0 Å². The summed E-state index contributed by atoms with van der Waals surface area (Å²) in [5.41, 5.74) is 1.68. The van der Waals surface area contributed by atoms with Crippen molar-refractivity contribution in [1.29, 1.82) is 0 Å². The number of rotatable bonds is 4. The Bertz CT molecular complexity index is 1130. The summed E-state index contributed by atoms with van der Waals surface area (Å²) in [5.74, 6) is 1.72. The quantitative estimate of drug-likeness (QED) is 0.585. The number of nitrogens with zero attached hydrogens (tertiary/aromatic N) is 1. The average molecular weight is 364 g/mol. The molecule has 0 bridgehead atoms. The average Bonchev–Trinajstić information content (AvgIpc) is 3.13. The smallest absolute Gasteiger partial charge is 0.259 e. The van der Waals surface area contributed by atoms with Crippen LogP contribution in [0.3, 0.4) is 0 Å². The number of fused-ring (bicyclic) bond motifs is 1. The number of aromatic nitrogens is 2. The largest absolute Gasteiger partial charge is 0.493 e. The third-order valence-electron chi connectivity index (χ3n) is 4.12. The van der Waals surface area contributed by atoms with E-state index in [0.29, 0.717) is 27.5 Å². The zero-order valence-electron chi connectivity index (χ0n) is 14.3. The van der Waals surface area contributed by atoms with E-state index in [-0.39, 0.29) is 5.56 Å². The predicted molar refractivity (Wildman–Crippen MR) is 104 cm³/mol. The number of thiophene rings is 1. The van der Waals surface area contributed by atoms with E-state index in [0.717, 1.165) is 16.0 Å². The molecule has 1 N–H and O–H groups in total. The fourth-order valence-electron chi connectivity index (χ4n) is 2.80. The van der Waals surface area contributed by atoms with Gasteiger partial charge in [0, 0.05) is 10.4 Å². The number of nitrogens with one attached hydrogen (secondary N) is 1. The van der Waals surface area contributed by atoms with E-state index in [2.05, 4.69) is 9.97 Å². The highest BCUT2D eigenvalue weighted by atomic mass is 32.1. The number of aromatic amines is 1. The maximum atomic E-state index is 12.6. The minimum Gasteiger partial charge on any atom is -0.493 e. The summed E-state index contributed by atoms with van der Waals surface area (Å²) < 4.78 is 10.6. The van der Waals surface area contributed by atoms with E-state index in [4.69, 9.17) is 9.47 Å². The Morgan fingerprint density at radius 2 is 1.69 bits per heavy atom. The minimum absolute atomic E-state index is 0.154. The highest BCUT2D eigenvalue weighted by molar-refractivity contribution is 7.21. The number of benzene rings is 2. The van der Waals surface area contributed by atoms with Gasteiger partial charge < -0.3 is 14.5 Å². The molecule has 2 aromatic heterocycles. The van der Waals surface area contributed by atoms with Crippen LogP contribution >= 0.6 is 11.3 Å². The van der Waals surface area contributed by atoms with Crippen LogP contribution in [0.5, 0.6) is 11.5 Å². The van der Waals surface area contributed by atoms with Crippen LogP contribution in [0, 0.1) is 0 Å². The van der Waals surface area contributed by atoms with Gasteiger partial charge >= 0.3 is 0 Å². The van der Waals surface area contributed by atoms with Crippen LogP contribution in [0.25, 0.3) is 32.0 Å². The highest BCUT2D eigenvalue weighted by Gasteiger charge is 2.13. The van der Waals surface area contributed by atoms with E-state index >= 15 is 0 Å². The van der Waals surface area contributed by atoms with Crippen LogP contribution in [-0.4, -0.2) is 24.2 Å². The van der Waals surface area contributed by atoms with Crippen LogP contribution < -0.4 is 15.0 Å². The predicted octanol–water partition coefficient (Wildman–Crippen LogP) is 4.34. The molecule has 4 aromatic rings. The van der Waals surface area contributed by atoms with Gasteiger partial charge in [0.1, 0.15) is 10.7 Å². The van der Waals surface area contributed by atoms with Crippen LogP contribution in [0.15, 0.2) is 59.4 Å². The molecule has 0 amide bonds. The summed E-state index contributed by atoms with van der Waals surface area (Å²) in [4.78, 5) is 21.8. The van der Waals surface area contributed by atoms with Gasteiger partial charge in [0.15, 0.2) is 11.5 Å². The van der Waals surface area contributed by atoms with Gasteiger partial charge in [-0.2, -0.15) is 0 Å². The summed E-state index contributed by atoms with van der Waals surface area (Å²) in [6.45, 7) is 0. The first-order valence-electron chi connectivity index (χ1n) is 8.01. The Morgan fingerprint density at radius 3 is 2.42 bits per heavy atom. The van der Waals surface area contributed by atoms with Crippen molar-refractivity contribution in [1.82, 2.24) is 9.97 Å². The molecule has 0 radical (unpaired) electrons. The molecular weight excluding hydrogens is 348 g/mol. The lowest BCUT2D eigenvalue weighted by atomic mass is 10.1. The lowest BCUT2D eigenvalue weighted by Crippen LogP contribution is -2.08. The van der Waals surface area contributed by atoms with Crippen LogP contribution in [-0.2, 0) is 0 Å². The topological polar surface area (TPSA) is 64.2 Å². The Kier molecular flexibility index (Phi) is 4.18. The molecule has 0 spiro atoms. The van der Waals surface area contributed by atoms with E-state index < -0.39 is 0 Å². The lowest BCUT2D eigenvalue weighted by molar-refractivity contribution is 0.355. The fraction of sp³-hybridized carbons (Fsp3) is 0.100. The SMILES string of the molecule is COc1ccc(-c2nc3sc(-c4ccccc4)cc3c(=O)[nH]2)cc1OC. The van der Waals surface area contributed by atoms with Gasteiger partial charge in [0.05, 0.1) is 19.6 Å². The summed E-state index contributed by atoms with van der Waals surface area (Å²) in [6.07, 6.45) is 0. The minimum atomic E-state index is -0.154. The second-order valence-electron chi connectivity index (χ2n) is 5.68. The first kappa shape index (κ1) is 16.4. The lowest BCUT2D eigenvalue weighted by Gasteiger charge is -2.09. The molecule has 0 saturated carbocycles. The molecule has 6 heteroatoms. The number of H-pyrrole nitrogens is 1. The van der Waals surface area contributed by atoms with Gasteiger partial charge in [0.25, 0.3) is 5.56 Å². The molecule has 0 aliphatic heterocycles. The van der Waals surface area contributed by atoms with Crippen molar-refractivity contribution >= 4 is 21.6 Å². The molecule has 26 heavy (non-hydrogen) atoms. The normalized spacial score (nSPS) is 10.8. The summed E-state index contributed by atoms with van der Waals surface area (Å²) in [5, 5.41) is 0.595. The molecule has 2 aromatic carbocycles. The van der Waals surface area contributed by atoms with Gasteiger partial charge in [0.2, 0.25) is 0 Å². The summed E-state index contributed by atoms with van der Waals surface area (Å²) >= 11 is 1.50. The molecule has 130 valence electrons. The number of hydrogen-bond acceptors (Lipinski definition) is 5. The Balaban J connectivity index is 1.84. The van der Waals surface area contributed by atoms with Gasteiger partial charge in [-0.1, -0.05) is 30.3 Å². The first-order valence-corrected chi connectivity index (χ1v) is 8.83. The number of methoxy groups -OCH3 is 2. The van der Waals surface area contributed by atoms with Crippen molar-refractivity contribution in [3.8, 4) is 33.3 Å². The monoisotopic (exact) mass is 364 g/mol. The maximum absolute atomic E-state index is 12.6. The van der Waals surface area contributed by atoms with Crippen molar-refractivity contribution in [3.05, 3.63) is 65.0 Å². The molecule has 4 rings (SSSR count). The second kappa shape index (κ2) is 6.65. The van der Waals surface area contributed by atoms with Crippen molar-refractivity contribution in [3.63, 3.8) is 0 Å². The van der Waals surface area contributed by atoms with Crippen LogP contribution in [0.1, 0.15) is 0 Å². The van der Waals surface area contributed by atoms with Gasteiger partial charge in [-0.15, -0.1) is 11.3 Å². The molecular formula is C20H16N2O3S. The zero-order valence-corrected chi connectivity index (χ0v) is 15.1. The van der Waals surface area contributed by atoms with E-state index in [9.17, 15) is 4.79 Å². The molecule has 0 aliphatic carbocycles. The molecule has 0 fully saturated rings. The highest BCUT2D eigenvalue weighted by Crippen LogP contribution is 2.33. The van der Waals surface area contributed by atoms with Crippen molar-refractivity contribution in [2.75, 3.05) is 14.2 Å². The summed E-state index contributed by atoms with van der Waals surface area (Å²) in [7, 11) is 3.16. The third-order valence-corrected chi connectivity index (χ3v) is 5.20. The number of hydrogen-bond donors (Lipinski definition) is 1. The van der Waals surface area contributed by atoms with Crippen molar-refractivity contribution in [2.45, 2.75) is 0 Å². The third kappa shape index (κ3) is 2.84. The molecule has 5 nitrogen and oxygen atoms in total. The second-order valence-corrected chi connectivity index (χ2v) is 6.71. The Morgan fingerprint density at radius 1 is 0.923 bits per heavy atom. The maximum Gasteiger partial charge on any atom is 0.259 e. The van der Waals surface area contributed by atoms with E-state index in [1.54, 1.807) is 26.4 Å². The molecule has 0 atom stereocenters. The fourth-order valence-corrected chi connectivity index (χ4v) is 3.83. The van der Waals surface area contributed by atoms with Gasteiger partial charge in [-0.05, 0) is 29.8 Å². The summed E-state index contributed by atoms with van der Waals surface area (Å²) in [6, 6.07) is 17.3. The Labute approximate surface area is 153 Å². The first-order chi connectivity index (χ1) is 12.7. The Hall–Kier alpha value is -3.12. The van der Waals surface area contributed by atoms with Crippen LogP contribution in [0.2, 0.25) is 0 Å². The molecule has 0 saturated heterocycles. The molecule has 0 unspecified atom stereocenters.